The molecule has 0 amide bonds. The van der Waals surface area contributed by atoms with Gasteiger partial charge in [0.2, 0.25) is 0 Å². The Balaban J connectivity index is 1.95. The number of halogens is 1. The van der Waals surface area contributed by atoms with E-state index in [1.54, 1.807) is 6.07 Å². The average Bonchev–Trinajstić information content (AvgIpc) is 2.63. The third-order valence-electron chi connectivity index (χ3n) is 4.04. The zero-order chi connectivity index (χ0) is 14.8. The Bertz CT molecular complexity index is 681. The van der Waals surface area contributed by atoms with Gasteiger partial charge in [0, 0.05) is 30.8 Å². The van der Waals surface area contributed by atoms with Crippen molar-refractivity contribution in [1.29, 1.82) is 0 Å². The van der Waals surface area contributed by atoms with Gasteiger partial charge in [0.05, 0.1) is 0 Å². The smallest absolute Gasteiger partial charge is 0.165 e. The molecule has 1 heterocycles. The molecule has 0 radical (unpaired) electrons. The first-order valence-electron chi connectivity index (χ1n) is 7.27. The maximum absolute atomic E-state index is 13.2. The van der Waals surface area contributed by atoms with Crippen molar-refractivity contribution >= 4 is 11.5 Å². The lowest BCUT2D eigenvalue weighted by atomic mass is 10.1. The van der Waals surface area contributed by atoms with E-state index in [4.69, 9.17) is 0 Å². The van der Waals surface area contributed by atoms with Crippen LogP contribution in [0.2, 0.25) is 0 Å². The van der Waals surface area contributed by atoms with Gasteiger partial charge in [0.15, 0.2) is 5.78 Å². The summed E-state index contributed by atoms with van der Waals surface area (Å²) in [7, 11) is 0. The molecule has 0 aliphatic carbocycles. The van der Waals surface area contributed by atoms with Crippen LogP contribution < -0.4 is 4.90 Å². The Kier molecular flexibility index (Phi) is 3.74. The number of Topliss-reactive ketones (excluding diaryl/α,β-unsaturated/α-hetero) is 1. The molecule has 1 aliphatic heterocycles. The molecular weight excluding hydrogens is 265 g/mol. The molecule has 0 bridgehead atoms. The fourth-order valence-electron chi connectivity index (χ4n) is 2.88. The van der Waals surface area contributed by atoms with E-state index in [2.05, 4.69) is 4.90 Å². The highest BCUT2D eigenvalue weighted by Gasteiger charge is 2.20. The maximum atomic E-state index is 13.2. The number of carbonyl (C=O) groups excluding carboxylic acids is 1. The molecule has 2 aromatic carbocycles. The summed E-state index contributed by atoms with van der Waals surface area (Å²) in [6.07, 6.45) is 1.45. The highest BCUT2D eigenvalue weighted by molar-refractivity contribution is 6.01. The SMILES string of the molecule is Cc1cc(F)ccc1CN1CCCC(=O)c2ccccc21. The van der Waals surface area contributed by atoms with E-state index >= 15 is 0 Å². The zero-order valence-corrected chi connectivity index (χ0v) is 12.1. The Morgan fingerprint density at radius 3 is 2.81 bits per heavy atom. The molecule has 0 saturated carbocycles. The number of ketones is 1. The van der Waals surface area contributed by atoms with E-state index in [0.29, 0.717) is 13.0 Å². The molecule has 3 heteroatoms. The minimum absolute atomic E-state index is 0.206. The summed E-state index contributed by atoms with van der Waals surface area (Å²) in [5.74, 6) is 0.00613. The number of aryl methyl sites for hydroxylation is 1. The highest BCUT2D eigenvalue weighted by Crippen LogP contribution is 2.28. The minimum atomic E-state index is -0.206. The van der Waals surface area contributed by atoms with Crippen molar-refractivity contribution in [2.45, 2.75) is 26.3 Å². The molecule has 0 aromatic heterocycles. The fourth-order valence-corrected chi connectivity index (χ4v) is 2.88. The quantitative estimate of drug-likeness (QED) is 0.826. The molecular formula is C18H18FNO. The van der Waals surface area contributed by atoms with E-state index in [1.807, 2.05) is 37.3 Å². The molecule has 108 valence electrons. The third-order valence-corrected chi connectivity index (χ3v) is 4.04. The van der Waals surface area contributed by atoms with Crippen molar-refractivity contribution in [3.63, 3.8) is 0 Å². The number of hydrogen-bond donors (Lipinski definition) is 0. The first-order valence-corrected chi connectivity index (χ1v) is 7.27. The van der Waals surface area contributed by atoms with Crippen LogP contribution in [0, 0.1) is 12.7 Å². The summed E-state index contributed by atoms with van der Waals surface area (Å²) in [6.45, 7) is 3.48. The summed E-state index contributed by atoms with van der Waals surface area (Å²) in [4.78, 5) is 14.4. The van der Waals surface area contributed by atoms with Crippen molar-refractivity contribution in [2.24, 2.45) is 0 Å². The Labute approximate surface area is 124 Å². The van der Waals surface area contributed by atoms with Crippen LogP contribution in [-0.4, -0.2) is 12.3 Å². The van der Waals surface area contributed by atoms with Crippen molar-refractivity contribution in [3.8, 4) is 0 Å². The van der Waals surface area contributed by atoms with Crippen LogP contribution in [0.3, 0.4) is 0 Å². The molecule has 0 N–H and O–H groups in total. The topological polar surface area (TPSA) is 20.3 Å². The molecule has 0 atom stereocenters. The number of carbonyl (C=O) groups is 1. The number of para-hydroxylation sites is 1. The monoisotopic (exact) mass is 283 g/mol. The number of rotatable bonds is 2. The van der Waals surface area contributed by atoms with Crippen LogP contribution in [0.1, 0.15) is 34.3 Å². The standard InChI is InChI=1S/C18H18FNO/c1-13-11-15(19)9-8-14(13)12-20-10-4-7-18(21)16-5-2-3-6-17(16)20/h2-3,5-6,8-9,11H,4,7,10,12H2,1H3. The van der Waals surface area contributed by atoms with E-state index in [1.165, 1.54) is 6.07 Å². The molecule has 0 fully saturated rings. The molecule has 0 spiro atoms. The maximum Gasteiger partial charge on any atom is 0.165 e. The fraction of sp³-hybridized carbons (Fsp3) is 0.278. The van der Waals surface area contributed by atoms with Gasteiger partial charge in [-0.05, 0) is 48.7 Å². The van der Waals surface area contributed by atoms with Gasteiger partial charge in [-0.15, -0.1) is 0 Å². The summed E-state index contributed by atoms with van der Waals surface area (Å²) in [6, 6.07) is 12.7. The van der Waals surface area contributed by atoms with Gasteiger partial charge in [-0.2, -0.15) is 0 Å². The summed E-state index contributed by atoms with van der Waals surface area (Å²) >= 11 is 0. The van der Waals surface area contributed by atoms with Crippen LogP contribution in [0.15, 0.2) is 42.5 Å². The Morgan fingerprint density at radius 2 is 2.00 bits per heavy atom. The van der Waals surface area contributed by atoms with E-state index < -0.39 is 0 Å². The van der Waals surface area contributed by atoms with Crippen LogP contribution in [0.25, 0.3) is 0 Å². The zero-order valence-electron chi connectivity index (χ0n) is 12.1. The van der Waals surface area contributed by atoms with Gasteiger partial charge in [0.1, 0.15) is 5.82 Å². The summed E-state index contributed by atoms with van der Waals surface area (Å²) in [5.41, 5.74) is 3.84. The van der Waals surface area contributed by atoms with Gasteiger partial charge in [-0.25, -0.2) is 4.39 Å². The molecule has 0 unspecified atom stereocenters. The lowest BCUT2D eigenvalue weighted by Gasteiger charge is -2.25. The largest absolute Gasteiger partial charge is 0.367 e. The van der Waals surface area contributed by atoms with Crippen molar-refractivity contribution < 1.29 is 9.18 Å². The van der Waals surface area contributed by atoms with Crippen LogP contribution >= 0.6 is 0 Å². The second-order valence-corrected chi connectivity index (χ2v) is 5.54. The van der Waals surface area contributed by atoms with E-state index in [0.717, 1.165) is 35.3 Å². The van der Waals surface area contributed by atoms with Crippen molar-refractivity contribution in [2.75, 3.05) is 11.4 Å². The molecule has 2 aromatic rings. The van der Waals surface area contributed by atoms with Crippen molar-refractivity contribution in [1.82, 2.24) is 0 Å². The summed E-state index contributed by atoms with van der Waals surface area (Å²) < 4.78 is 13.2. The van der Waals surface area contributed by atoms with Crippen LogP contribution in [0.4, 0.5) is 10.1 Å². The Morgan fingerprint density at radius 1 is 1.19 bits per heavy atom. The molecule has 1 aliphatic rings. The predicted octanol–water partition coefficient (Wildman–Crippen LogP) is 4.12. The van der Waals surface area contributed by atoms with Gasteiger partial charge in [-0.1, -0.05) is 18.2 Å². The second kappa shape index (κ2) is 5.68. The van der Waals surface area contributed by atoms with Gasteiger partial charge in [0.25, 0.3) is 0 Å². The average molecular weight is 283 g/mol. The third kappa shape index (κ3) is 2.82. The lowest BCUT2D eigenvalue weighted by Crippen LogP contribution is -2.24. The number of fused-ring (bicyclic) bond motifs is 1. The van der Waals surface area contributed by atoms with Crippen LogP contribution in [0.5, 0.6) is 0 Å². The summed E-state index contributed by atoms with van der Waals surface area (Å²) in [5, 5.41) is 0. The first-order chi connectivity index (χ1) is 10.1. The molecule has 21 heavy (non-hydrogen) atoms. The Hall–Kier alpha value is -2.16. The minimum Gasteiger partial charge on any atom is -0.367 e. The van der Waals surface area contributed by atoms with E-state index in [9.17, 15) is 9.18 Å². The van der Waals surface area contributed by atoms with Crippen LogP contribution in [-0.2, 0) is 6.54 Å². The van der Waals surface area contributed by atoms with Gasteiger partial charge >= 0.3 is 0 Å². The number of benzene rings is 2. The van der Waals surface area contributed by atoms with Gasteiger partial charge < -0.3 is 4.90 Å². The van der Waals surface area contributed by atoms with E-state index in [-0.39, 0.29) is 11.6 Å². The predicted molar refractivity (Wildman–Crippen MR) is 82.2 cm³/mol. The highest BCUT2D eigenvalue weighted by atomic mass is 19.1. The second-order valence-electron chi connectivity index (χ2n) is 5.54. The molecule has 0 saturated heterocycles. The van der Waals surface area contributed by atoms with Crippen molar-refractivity contribution in [3.05, 3.63) is 65.0 Å². The molecule has 3 rings (SSSR count). The number of anilines is 1. The molecule has 2 nitrogen and oxygen atoms in total. The number of hydrogen-bond acceptors (Lipinski definition) is 2. The van der Waals surface area contributed by atoms with Gasteiger partial charge in [-0.3, -0.25) is 4.79 Å². The normalized spacial score (nSPS) is 14.8. The lowest BCUT2D eigenvalue weighted by molar-refractivity contribution is 0.0984. The first kappa shape index (κ1) is 13.8. The number of nitrogens with zero attached hydrogens (tertiary/aromatic N) is 1.